The molecule has 1 aromatic heterocycles. The standard InChI is InChI=1S/C14H17N3O4/c1-20-12-4-2-3-5-13(12)21-9-10-8-11(17-16-10)14(19)15-6-7-18/h2-5,8,18H,6-7,9H2,1H3,(H,15,19)(H,16,17). The van der Waals surface area contributed by atoms with Crippen LogP contribution in [-0.2, 0) is 6.61 Å². The maximum absolute atomic E-state index is 11.6. The van der Waals surface area contributed by atoms with E-state index >= 15 is 0 Å². The fourth-order valence-corrected chi connectivity index (χ4v) is 1.71. The van der Waals surface area contributed by atoms with Gasteiger partial charge in [-0.25, -0.2) is 0 Å². The van der Waals surface area contributed by atoms with Gasteiger partial charge in [-0.1, -0.05) is 12.1 Å². The second-order valence-corrected chi connectivity index (χ2v) is 4.20. The van der Waals surface area contributed by atoms with E-state index in [1.165, 1.54) is 0 Å². The Morgan fingerprint density at radius 1 is 1.38 bits per heavy atom. The number of aromatic amines is 1. The van der Waals surface area contributed by atoms with Gasteiger partial charge in [0.05, 0.1) is 19.4 Å². The fourth-order valence-electron chi connectivity index (χ4n) is 1.71. The summed E-state index contributed by atoms with van der Waals surface area (Å²) in [4.78, 5) is 11.6. The Morgan fingerprint density at radius 2 is 2.14 bits per heavy atom. The van der Waals surface area contributed by atoms with Gasteiger partial charge in [-0.2, -0.15) is 5.10 Å². The summed E-state index contributed by atoms with van der Waals surface area (Å²) < 4.78 is 10.8. The number of ether oxygens (including phenoxy) is 2. The molecule has 0 aliphatic carbocycles. The number of carbonyl (C=O) groups excluding carboxylic acids is 1. The van der Waals surface area contributed by atoms with Crippen molar-refractivity contribution in [2.24, 2.45) is 0 Å². The minimum Gasteiger partial charge on any atom is -0.493 e. The molecule has 0 unspecified atom stereocenters. The van der Waals surface area contributed by atoms with Crippen LogP contribution in [0.15, 0.2) is 30.3 Å². The summed E-state index contributed by atoms with van der Waals surface area (Å²) in [5.41, 5.74) is 0.914. The number of hydrogen-bond acceptors (Lipinski definition) is 5. The van der Waals surface area contributed by atoms with Crippen molar-refractivity contribution < 1.29 is 19.4 Å². The van der Waals surface area contributed by atoms with Crippen LogP contribution in [-0.4, -0.2) is 41.5 Å². The quantitative estimate of drug-likeness (QED) is 0.698. The van der Waals surface area contributed by atoms with Crippen molar-refractivity contribution in [3.8, 4) is 11.5 Å². The average Bonchev–Trinajstić information content (AvgIpc) is 3.00. The lowest BCUT2D eigenvalue weighted by Gasteiger charge is -2.08. The molecule has 3 N–H and O–H groups in total. The number of nitrogens with one attached hydrogen (secondary N) is 2. The zero-order valence-electron chi connectivity index (χ0n) is 11.6. The first-order chi connectivity index (χ1) is 10.2. The molecule has 1 aromatic carbocycles. The zero-order valence-corrected chi connectivity index (χ0v) is 11.6. The van der Waals surface area contributed by atoms with Crippen LogP contribution < -0.4 is 14.8 Å². The van der Waals surface area contributed by atoms with Crippen LogP contribution in [0, 0.1) is 0 Å². The van der Waals surface area contributed by atoms with Gasteiger partial charge < -0.3 is 19.9 Å². The molecule has 0 atom stereocenters. The molecule has 7 nitrogen and oxygen atoms in total. The first-order valence-corrected chi connectivity index (χ1v) is 6.43. The number of nitrogens with zero attached hydrogens (tertiary/aromatic N) is 1. The van der Waals surface area contributed by atoms with Crippen molar-refractivity contribution in [2.45, 2.75) is 6.61 Å². The van der Waals surface area contributed by atoms with Crippen LogP contribution >= 0.6 is 0 Å². The number of aliphatic hydroxyl groups is 1. The van der Waals surface area contributed by atoms with Crippen LogP contribution in [0.1, 0.15) is 16.2 Å². The highest BCUT2D eigenvalue weighted by atomic mass is 16.5. The van der Waals surface area contributed by atoms with Gasteiger partial charge in [0, 0.05) is 6.54 Å². The molecule has 0 radical (unpaired) electrons. The second-order valence-electron chi connectivity index (χ2n) is 4.20. The Balaban J connectivity index is 1.95. The van der Waals surface area contributed by atoms with E-state index < -0.39 is 0 Å². The Labute approximate surface area is 121 Å². The Morgan fingerprint density at radius 3 is 2.86 bits per heavy atom. The third kappa shape index (κ3) is 3.96. The van der Waals surface area contributed by atoms with Gasteiger partial charge in [-0.15, -0.1) is 0 Å². The minimum atomic E-state index is -0.344. The summed E-state index contributed by atoms with van der Waals surface area (Å²) in [5.74, 6) is 0.905. The molecular weight excluding hydrogens is 274 g/mol. The number of hydrogen-bond donors (Lipinski definition) is 3. The Kier molecular flexibility index (Phi) is 5.16. The van der Waals surface area contributed by atoms with Crippen molar-refractivity contribution >= 4 is 5.91 Å². The van der Waals surface area contributed by atoms with Gasteiger partial charge in [0.15, 0.2) is 11.5 Å². The molecule has 2 aromatic rings. The monoisotopic (exact) mass is 291 g/mol. The van der Waals surface area contributed by atoms with Crippen LogP contribution in [0.25, 0.3) is 0 Å². The van der Waals surface area contributed by atoms with E-state index in [1.54, 1.807) is 25.3 Å². The van der Waals surface area contributed by atoms with Gasteiger partial charge in [-0.3, -0.25) is 9.89 Å². The fraction of sp³-hybridized carbons (Fsp3) is 0.286. The molecule has 112 valence electrons. The molecule has 0 aliphatic heterocycles. The smallest absolute Gasteiger partial charge is 0.271 e. The van der Waals surface area contributed by atoms with Gasteiger partial charge in [0.1, 0.15) is 12.3 Å². The third-order valence-corrected chi connectivity index (χ3v) is 2.71. The number of rotatable bonds is 7. The van der Waals surface area contributed by atoms with E-state index in [0.29, 0.717) is 17.2 Å². The predicted octanol–water partition coefficient (Wildman–Crippen LogP) is 0.719. The maximum Gasteiger partial charge on any atom is 0.271 e. The van der Waals surface area contributed by atoms with Crippen molar-refractivity contribution in [2.75, 3.05) is 20.3 Å². The molecule has 2 rings (SSSR count). The number of carbonyl (C=O) groups is 1. The van der Waals surface area contributed by atoms with Crippen LogP contribution in [0.2, 0.25) is 0 Å². The highest BCUT2D eigenvalue weighted by Crippen LogP contribution is 2.26. The van der Waals surface area contributed by atoms with Crippen molar-refractivity contribution in [1.29, 1.82) is 0 Å². The lowest BCUT2D eigenvalue weighted by Crippen LogP contribution is -2.26. The SMILES string of the molecule is COc1ccccc1OCc1cc(C(=O)NCCO)n[nH]1. The number of aliphatic hydroxyl groups excluding tert-OH is 1. The molecule has 1 heterocycles. The average molecular weight is 291 g/mol. The van der Waals surface area contributed by atoms with E-state index in [9.17, 15) is 4.79 Å². The molecule has 7 heteroatoms. The second kappa shape index (κ2) is 7.30. The first kappa shape index (κ1) is 14.9. The Bertz CT molecular complexity index is 597. The summed E-state index contributed by atoms with van der Waals surface area (Å²) in [6.45, 7) is 0.319. The molecule has 0 bridgehead atoms. The number of amides is 1. The summed E-state index contributed by atoms with van der Waals surface area (Å²) >= 11 is 0. The Hall–Kier alpha value is -2.54. The predicted molar refractivity (Wildman–Crippen MR) is 75.3 cm³/mol. The first-order valence-electron chi connectivity index (χ1n) is 6.43. The number of benzene rings is 1. The minimum absolute atomic E-state index is 0.111. The van der Waals surface area contributed by atoms with E-state index in [0.717, 1.165) is 0 Å². The topological polar surface area (TPSA) is 96.5 Å². The summed E-state index contributed by atoms with van der Waals surface area (Å²) in [5, 5.41) is 17.8. The molecule has 0 saturated carbocycles. The summed E-state index contributed by atoms with van der Waals surface area (Å²) in [6, 6.07) is 8.90. The van der Waals surface area contributed by atoms with E-state index in [4.69, 9.17) is 14.6 Å². The molecule has 1 amide bonds. The highest BCUT2D eigenvalue weighted by molar-refractivity contribution is 5.92. The van der Waals surface area contributed by atoms with Gasteiger partial charge in [0.25, 0.3) is 5.91 Å². The molecule has 0 fully saturated rings. The van der Waals surface area contributed by atoms with Crippen LogP contribution in [0.4, 0.5) is 0 Å². The summed E-state index contributed by atoms with van der Waals surface area (Å²) in [7, 11) is 1.57. The van der Waals surface area contributed by atoms with Crippen LogP contribution in [0.5, 0.6) is 11.5 Å². The zero-order chi connectivity index (χ0) is 15.1. The molecule has 21 heavy (non-hydrogen) atoms. The van der Waals surface area contributed by atoms with E-state index in [2.05, 4.69) is 15.5 Å². The van der Waals surface area contributed by atoms with Crippen molar-refractivity contribution in [1.82, 2.24) is 15.5 Å². The van der Waals surface area contributed by atoms with E-state index in [1.807, 2.05) is 12.1 Å². The van der Waals surface area contributed by atoms with Crippen LogP contribution in [0.3, 0.4) is 0 Å². The van der Waals surface area contributed by atoms with E-state index in [-0.39, 0.29) is 31.4 Å². The molecule has 0 aliphatic rings. The number of H-pyrrole nitrogens is 1. The normalized spacial score (nSPS) is 10.2. The van der Waals surface area contributed by atoms with Gasteiger partial charge in [-0.05, 0) is 18.2 Å². The largest absolute Gasteiger partial charge is 0.493 e. The summed E-state index contributed by atoms with van der Waals surface area (Å²) in [6.07, 6.45) is 0. The lowest BCUT2D eigenvalue weighted by atomic mass is 10.3. The van der Waals surface area contributed by atoms with Crippen molar-refractivity contribution in [3.05, 3.63) is 41.7 Å². The number of methoxy groups -OCH3 is 1. The highest BCUT2D eigenvalue weighted by Gasteiger charge is 2.10. The lowest BCUT2D eigenvalue weighted by molar-refractivity contribution is 0.0939. The number of aromatic nitrogens is 2. The third-order valence-electron chi connectivity index (χ3n) is 2.71. The molecule has 0 spiro atoms. The molecular formula is C14H17N3O4. The van der Waals surface area contributed by atoms with Gasteiger partial charge >= 0.3 is 0 Å². The number of para-hydroxylation sites is 2. The maximum atomic E-state index is 11.6. The van der Waals surface area contributed by atoms with Crippen molar-refractivity contribution in [3.63, 3.8) is 0 Å². The van der Waals surface area contributed by atoms with Gasteiger partial charge in [0.2, 0.25) is 0 Å². The molecule has 0 saturated heterocycles.